The van der Waals surface area contributed by atoms with Gasteiger partial charge in [-0.05, 0) is 43.3 Å². The van der Waals surface area contributed by atoms with Gasteiger partial charge in [0.25, 0.3) is 11.8 Å². The molecule has 0 bridgehead atoms. The number of carbonyl (C=O) groups is 2. The summed E-state index contributed by atoms with van der Waals surface area (Å²) in [6, 6.07) is 13.8. The van der Waals surface area contributed by atoms with Crippen LogP contribution in [0.2, 0.25) is 4.34 Å². The van der Waals surface area contributed by atoms with Crippen LogP contribution in [0.3, 0.4) is 0 Å². The molecule has 2 amide bonds. The molecule has 2 aromatic heterocycles. The second-order valence-electron chi connectivity index (χ2n) is 5.86. The van der Waals surface area contributed by atoms with Crippen molar-refractivity contribution in [2.24, 2.45) is 0 Å². The van der Waals surface area contributed by atoms with Gasteiger partial charge in [-0.1, -0.05) is 17.7 Å². The van der Waals surface area contributed by atoms with Gasteiger partial charge in [0.2, 0.25) is 0 Å². The van der Waals surface area contributed by atoms with E-state index in [0.29, 0.717) is 28.9 Å². The molecule has 2 heterocycles. The van der Waals surface area contributed by atoms with Crippen LogP contribution in [-0.2, 0) is 11.3 Å². The van der Waals surface area contributed by atoms with E-state index in [1.165, 1.54) is 17.6 Å². The summed E-state index contributed by atoms with van der Waals surface area (Å²) < 4.78 is 11.4. The molecule has 3 aromatic rings. The van der Waals surface area contributed by atoms with Crippen molar-refractivity contribution >= 4 is 40.4 Å². The van der Waals surface area contributed by atoms with Crippen molar-refractivity contribution in [3.05, 3.63) is 69.8 Å². The number of amides is 2. The van der Waals surface area contributed by atoms with Gasteiger partial charge in [-0.15, -0.1) is 11.3 Å². The minimum absolute atomic E-state index is 0.0947. The van der Waals surface area contributed by atoms with Gasteiger partial charge in [0.05, 0.1) is 17.1 Å². The summed E-state index contributed by atoms with van der Waals surface area (Å²) in [6.45, 7) is 2.88. The molecule has 0 aliphatic heterocycles. The van der Waals surface area contributed by atoms with Crippen LogP contribution in [0.4, 0.5) is 5.69 Å². The van der Waals surface area contributed by atoms with Gasteiger partial charge in [0.1, 0.15) is 5.75 Å². The third-order valence-electron chi connectivity index (χ3n) is 3.91. The number of thiophene rings is 1. The standard InChI is InChI=1S/C20H19ClN2O4S/c1-2-23(12-16-8-9-18(21)28-16)19(24)13-27-15-6-3-5-14(11-15)22-20(25)17-7-4-10-26-17/h3-11H,2,12-13H2,1H3,(H,22,25). The van der Waals surface area contributed by atoms with E-state index in [-0.39, 0.29) is 24.2 Å². The summed E-state index contributed by atoms with van der Waals surface area (Å²) in [7, 11) is 0. The Hall–Kier alpha value is -2.77. The van der Waals surface area contributed by atoms with Gasteiger partial charge in [-0.25, -0.2) is 0 Å². The van der Waals surface area contributed by atoms with Gasteiger partial charge in [-0.3, -0.25) is 9.59 Å². The molecule has 0 spiro atoms. The van der Waals surface area contributed by atoms with Crippen LogP contribution in [0.15, 0.2) is 59.2 Å². The fourth-order valence-electron chi connectivity index (χ4n) is 2.50. The molecule has 0 fully saturated rings. The number of likely N-dealkylation sites (N-methyl/N-ethyl adjacent to an activating group) is 1. The molecule has 6 nitrogen and oxygen atoms in total. The van der Waals surface area contributed by atoms with Gasteiger partial charge < -0.3 is 19.4 Å². The average molecular weight is 419 g/mol. The predicted molar refractivity (Wildman–Crippen MR) is 109 cm³/mol. The third-order valence-corrected chi connectivity index (χ3v) is 5.13. The summed E-state index contributed by atoms with van der Waals surface area (Å²) in [5.41, 5.74) is 0.548. The van der Waals surface area contributed by atoms with E-state index in [2.05, 4.69) is 5.32 Å². The molecule has 0 atom stereocenters. The van der Waals surface area contributed by atoms with Crippen molar-refractivity contribution in [2.45, 2.75) is 13.5 Å². The predicted octanol–water partition coefficient (Wildman–Crippen LogP) is 4.67. The summed E-state index contributed by atoms with van der Waals surface area (Å²) >= 11 is 7.40. The molecule has 1 aromatic carbocycles. The van der Waals surface area contributed by atoms with Crippen molar-refractivity contribution in [1.29, 1.82) is 0 Å². The molecular formula is C20H19ClN2O4S. The van der Waals surface area contributed by atoms with Crippen molar-refractivity contribution < 1.29 is 18.7 Å². The van der Waals surface area contributed by atoms with Crippen LogP contribution in [0, 0.1) is 0 Å². The Morgan fingerprint density at radius 3 is 2.75 bits per heavy atom. The van der Waals surface area contributed by atoms with Crippen LogP contribution in [-0.4, -0.2) is 29.9 Å². The highest BCUT2D eigenvalue weighted by Gasteiger charge is 2.15. The molecular weight excluding hydrogens is 400 g/mol. The van der Waals surface area contributed by atoms with Crippen LogP contribution in [0.25, 0.3) is 0 Å². The Bertz CT molecular complexity index is 939. The molecule has 0 saturated carbocycles. The Kier molecular flexibility index (Phi) is 6.73. The normalized spacial score (nSPS) is 10.5. The maximum Gasteiger partial charge on any atom is 0.291 e. The average Bonchev–Trinajstić information content (AvgIpc) is 3.36. The number of furan rings is 1. The fourth-order valence-corrected chi connectivity index (χ4v) is 3.60. The molecule has 28 heavy (non-hydrogen) atoms. The zero-order valence-electron chi connectivity index (χ0n) is 15.2. The van der Waals surface area contributed by atoms with Crippen molar-refractivity contribution in [3.63, 3.8) is 0 Å². The molecule has 146 valence electrons. The summed E-state index contributed by atoms with van der Waals surface area (Å²) in [4.78, 5) is 27.2. The number of anilines is 1. The third kappa shape index (κ3) is 5.37. The quantitative estimate of drug-likeness (QED) is 0.576. The lowest BCUT2D eigenvalue weighted by atomic mass is 10.3. The van der Waals surface area contributed by atoms with E-state index in [9.17, 15) is 9.59 Å². The highest BCUT2D eigenvalue weighted by molar-refractivity contribution is 7.16. The van der Waals surface area contributed by atoms with Crippen LogP contribution >= 0.6 is 22.9 Å². The summed E-state index contributed by atoms with van der Waals surface area (Å²) in [5.74, 6) is 0.219. The number of hydrogen-bond acceptors (Lipinski definition) is 5. The number of carbonyl (C=O) groups excluding carboxylic acids is 2. The Balaban J connectivity index is 1.56. The highest BCUT2D eigenvalue weighted by Crippen LogP contribution is 2.23. The van der Waals surface area contributed by atoms with E-state index in [1.54, 1.807) is 41.3 Å². The van der Waals surface area contributed by atoms with Crippen molar-refractivity contribution in [2.75, 3.05) is 18.5 Å². The second kappa shape index (κ2) is 9.43. The fraction of sp³-hybridized carbons (Fsp3) is 0.200. The Labute approximate surface area is 171 Å². The van der Waals surface area contributed by atoms with Crippen molar-refractivity contribution in [3.8, 4) is 5.75 Å². The lowest BCUT2D eigenvalue weighted by Crippen LogP contribution is -2.34. The smallest absolute Gasteiger partial charge is 0.291 e. The number of rotatable bonds is 8. The first kappa shape index (κ1) is 20.0. The van der Waals surface area contributed by atoms with Crippen molar-refractivity contribution in [1.82, 2.24) is 4.90 Å². The number of benzene rings is 1. The first-order valence-electron chi connectivity index (χ1n) is 8.65. The molecule has 0 unspecified atom stereocenters. The maximum absolute atomic E-state index is 12.5. The number of halogens is 1. The van der Waals surface area contributed by atoms with Crippen LogP contribution in [0.1, 0.15) is 22.4 Å². The molecule has 0 aliphatic rings. The molecule has 0 saturated heterocycles. The monoisotopic (exact) mass is 418 g/mol. The van der Waals surface area contributed by atoms with E-state index < -0.39 is 0 Å². The van der Waals surface area contributed by atoms with E-state index >= 15 is 0 Å². The largest absolute Gasteiger partial charge is 0.484 e. The second-order valence-corrected chi connectivity index (χ2v) is 7.66. The van der Waals surface area contributed by atoms with Gasteiger partial charge in [0.15, 0.2) is 12.4 Å². The minimum Gasteiger partial charge on any atom is -0.484 e. The minimum atomic E-state index is -0.356. The van der Waals surface area contributed by atoms with E-state index in [1.807, 2.05) is 19.1 Å². The van der Waals surface area contributed by atoms with Gasteiger partial charge in [-0.2, -0.15) is 0 Å². The van der Waals surface area contributed by atoms with Gasteiger partial charge in [0, 0.05) is 23.2 Å². The summed E-state index contributed by atoms with van der Waals surface area (Å²) in [5, 5.41) is 2.72. The number of ether oxygens (including phenoxy) is 1. The first-order valence-corrected chi connectivity index (χ1v) is 9.84. The number of nitrogens with zero attached hydrogens (tertiary/aromatic N) is 1. The first-order chi connectivity index (χ1) is 13.5. The lowest BCUT2D eigenvalue weighted by Gasteiger charge is -2.20. The number of hydrogen-bond donors (Lipinski definition) is 1. The zero-order valence-corrected chi connectivity index (χ0v) is 16.8. The molecule has 0 radical (unpaired) electrons. The molecule has 1 N–H and O–H groups in total. The SMILES string of the molecule is CCN(Cc1ccc(Cl)s1)C(=O)COc1cccc(NC(=O)c2ccco2)c1. The highest BCUT2D eigenvalue weighted by atomic mass is 35.5. The topological polar surface area (TPSA) is 71.8 Å². The molecule has 0 aliphatic carbocycles. The zero-order chi connectivity index (χ0) is 19.9. The van der Waals surface area contributed by atoms with Gasteiger partial charge >= 0.3 is 0 Å². The number of nitrogens with one attached hydrogen (secondary N) is 1. The summed E-state index contributed by atoms with van der Waals surface area (Å²) in [6.07, 6.45) is 1.43. The molecule has 3 rings (SSSR count). The maximum atomic E-state index is 12.5. The lowest BCUT2D eigenvalue weighted by molar-refractivity contribution is -0.133. The van der Waals surface area contributed by atoms with Crippen LogP contribution in [0.5, 0.6) is 5.75 Å². The Morgan fingerprint density at radius 1 is 1.21 bits per heavy atom. The Morgan fingerprint density at radius 2 is 2.07 bits per heavy atom. The van der Waals surface area contributed by atoms with E-state index in [0.717, 1.165) is 4.88 Å². The molecule has 8 heteroatoms. The van der Waals surface area contributed by atoms with Crippen LogP contribution < -0.4 is 10.1 Å². The van der Waals surface area contributed by atoms with E-state index in [4.69, 9.17) is 20.8 Å².